The van der Waals surface area contributed by atoms with Crippen LogP contribution in [0.3, 0.4) is 0 Å². The number of carboxylic acids is 1. The Morgan fingerprint density at radius 1 is 1.67 bits per heavy atom. The summed E-state index contributed by atoms with van der Waals surface area (Å²) in [4.78, 5) is 21.5. The molecule has 6 nitrogen and oxygen atoms in total. The number of hydrogen-bond acceptors (Lipinski definition) is 4. The average molecular weight is 227 g/mol. The molecular formula is C8H9N3O3S. The summed E-state index contributed by atoms with van der Waals surface area (Å²) in [5, 5.41) is 16.5. The van der Waals surface area contributed by atoms with E-state index in [1.165, 1.54) is 5.41 Å². The van der Waals surface area contributed by atoms with Gasteiger partial charge in [-0.05, 0) is 18.2 Å². The van der Waals surface area contributed by atoms with Crippen LogP contribution in [-0.2, 0) is 4.79 Å². The molecule has 0 aliphatic heterocycles. The lowest BCUT2D eigenvalue weighted by atomic mass is 10.7. The summed E-state index contributed by atoms with van der Waals surface area (Å²) in [6.07, 6.45) is 2.98. The van der Waals surface area contributed by atoms with Crippen LogP contribution in [0.1, 0.15) is 18.9 Å². The van der Waals surface area contributed by atoms with Crippen molar-refractivity contribution in [1.29, 1.82) is 0 Å². The van der Waals surface area contributed by atoms with Crippen LogP contribution in [-0.4, -0.2) is 25.8 Å². The highest BCUT2D eigenvalue weighted by Gasteiger charge is 2.28. The van der Waals surface area contributed by atoms with Crippen LogP contribution in [0.15, 0.2) is 21.4 Å². The SMILES string of the molecule is O=C(O)C=CSc1n[nH]c(=O)n1C1CC1. The van der Waals surface area contributed by atoms with Crippen molar-refractivity contribution in [1.82, 2.24) is 14.8 Å². The van der Waals surface area contributed by atoms with Gasteiger partial charge < -0.3 is 5.11 Å². The van der Waals surface area contributed by atoms with Gasteiger partial charge in [0.25, 0.3) is 0 Å². The summed E-state index contributed by atoms with van der Waals surface area (Å²) in [5.41, 5.74) is -0.233. The minimum absolute atomic E-state index is 0.233. The Balaban J connectivity index is 2.14. The molecule has 0 spiro atoms. The van der Waals surface area contributed by atoms with E-state index >= 15 is 0 Å². The molecular weight excluding hydrogens is 218 g/mol. The molecule has 1 aromatic rings. The first-order valence-corrected chi connectivity index (χ1v) is 5.29. The molecule has 0 aromatic carbocycles. The number of nitrogens with zero attached hydrogens (tertiary/aromatic N) is 2. The molecule has 0 amide bonds. The van der Waals surface area contributed by atoms with E-state index in [0.717, 1.165) is 30.7 Å². The van der Waals surface area contributed by atoms with Crippen LogP contribution in [0.5, 0.6) is 0 Å². The van der Waals surface area contributed by atoms with Crippen molar-refractivity contribution in [3.63, 3.8) is 0 Å². The summed E-state index contributed by atoms with van der Waals surface area (Å²) in [6.45, 7) is 0. The number of thioether (sulfide) groups is 1. The number of aliphatic carboxylic acids is 1. The topological polar surface area (TPSA) is 88.0 Å². The predicted molar refractivity (Wildman–Crippen MR) is 53.8 cm³/mol. The molecule has 80 valence electrons. The maximum Gasteiger partial charge on any atom is 0.344 e. The maximum absolute atomic E-state index is 11.3. The first kappa shape index (κ1) is 10.0. The highest BCUT2D eigenvalue weighted by atomic mass is 32.2. The van der Waals surface area contributed by atoms with Gasteiger partial charge in [0.05, 0.1) is 0 Å². The monoisotopic (exact) mass is 227 g/mol. The van der Waals surface area contributed by atoms with Crippen molar-refractivity contribution in [3.05, 3.63) is 22.0 Å². The summed E-state index contributed by atoms with van der Waals surface area (Å²) >= 11 is 1.12. The molecule has 2 rings (SSSR count). The number of aromatic amines is 1. The molecule has 1 fully saturated rings. The third-order valence-corrected chi connectivity index (χ3v) is 2.74. The van der Waals surface area contributed by atoms with Gasteiger partial charge in [0.2, 0.25) is 0 Å². The van der Waals surface area contributed by atoms with Gasteiger partial charge in [-0.3, -0.25) is 4.57 Å². The molecule has 1 aromatic heterocycles. The van der Waals surface area contributed by atoms with E-state index in [2.05, 4.69) is 10.2 Å². The zero-order valence-electron chi connectivity index (χ0n) is 7.71. The van der Waals surface area contributed by atoms with Crippen LogP contribution in [0.25, 0.3) is 0 Å². The Morgan fingerprint density at radius 3 is 3.00 bits per heavy atom. The molecule has 0 radical (unpaired) electrons. The first-order chi connectivity index (χ1) is 7.18. The van der Waals surface area contributed by atoms with Crippen LogP contribution in [0.2, 0.25) is 0 Å². The van der Waals surface area contributed by atoms with Crippen LogP contribution < -0.4 is 5.69 Å². The molecule has 1 heterocycles. The van der Waals surface area contributed by atoms with Crippen molar-refractivity contribution in [2.75, 3.05) is 0 Å². The summed E-state index contributed by atoms with van der Waals surface area (Å²) < 4.78 is 1.57. The maximum atomic E-state index is 11.3. The van der Waals surface area contributed by atoms with Gasteiger partial charge in [0.1, 0.15) is 0 Å². The molecule has 15 heavy (non-hydrogen) atoms. The van der Waals surface area contributed by atoms with Gasteiger partial charge in [0.15, 0.2) is 5.16 Å². The molecule has 1 saturated carbocycles. The van der Waals surface area contributed by atoms with E-state index in [4.69, 9.17) is 5.11 Å². The van der Waals surface area contributed by atoms with Crippen LogP contribution >= 0.6 is 11.8 Å². The smallest absolute Gasteiger partial charge is 0.344 e. The largest absolute Gasteiger partial charge is 0.478 e. The molecule has 0 bridgehead atoms. The fourth-order valence-electron chi connectivity index (χ4n) is 1.18. The molecule has 2 N–H and O–H groups in total. The quantitative estimate of drug-likeness (QED) is 0.580. The van der Waals surface area contributed by atoms with Gasteiger partial charge in [-0.15, -0.1) is 5.10 Å². The van der Waals surface area contributed by atoms with Crippen molar-refractivity contribution in [3.8, 4) is 0 Å². The van der Waals surface area contributed by atoms with Gasteiger partial charge in [-0.2, -0.15) is 0 Å². The number of aromatic nitrogens is 3. The molecule has 0 saturated heterocycles. The normalized spacial score (nSPS) is 16.0. The van der Waals surface area contributed by atoms with E-state index in [0.29, 0.717) is 5.16 Å². The molecule has 1 aliphatic rings. The lowest BCUT2D eigenvalue weighted by Crippen LogP contribution is -2.15. The minimum Gasteiger partial charge on any atom is -0.478 e. The standard InChI is InChI=1S/C8H9N3O3S/c12-6(13)3-4-15-8-10-9-7(14)11(8)5-1-2-5/h3-5H,1-2H2,(H,9,14)(H,12,13). The van der Waals surface area contributed by atoms with Gasteiger partial charge >= 0.3 is 11.7 Å². The average Bonchev–Trinajstić information content (AvgIpc) is 2.92. The van der Waals surface area contributed by atoms with E-state index in [-0.39, 0.29) is 11.7 Å². The highest BCUT2D eigenvalue weighted by Crippen LogP contribution is 2.36. The Morgan fingerprint density at radius 2 is 2.40 bits per heavy atom. The highest BCUT2D eigenvalue weighted by molar-refractivity contribution is 8.02. The van der Waals surface area contributed by atoms with Crippen LogP contribution in [0, 0.1) is 0 Å². The number of carbonyl (C=O) groups is 1. The zero-order chi connectivity index (χ0) is 10.8. The number of carboxylic acid groups (broad SMARTS) is 1. The Kier molecular flexibility index (Phi) is 2.63. The Labute approximate surface area is 89.0 Å². The van der Waals surface area contributed by atoms with Gasteiger partial charge in [0, 0.05) is 12.1 Å². The van der Waals surface area contributed by atoms with E-state index < -0.39 is 5.97 Å². The van der Waals surface area contributed by atoms with Crippen LogP contribution in [0.4, 0.5) is 0 Å². The lowest BCUT2D eigenvalue weighted by molar-refractivity contribution is -0.131. The fraction of sp³-hybridized carbons (Fsp3) is 0.375. The van der Waals surface area contributed by atoms with Gasteiger partial charge in [-0.25, -0.2) is 14.7 Å². The number of hydrogen-bond donors (Lipinski definition) is 2. The third-order valence-electron chi connectivity index (χ3n) is 1.97. The molecule has 0 unspecified atom stereocenters. The third kappa shape index (κ3) is 2.30. The zero-order valence-corrected chi connectivity index (χ0v) is 8.53. The second-order valence-electron chi connectivity index (χ2n) is 3.17. The number of rotatable bonds is 4. The molecule has 1 aliphatic carbocycles. The van der Waals surface area contributed by atoms with Crippen molar-refractivity contribution < 1.29 is 9.90 Å². The van der Waals surface area contributed by atoms with Crippen molar-refractivity contribution in [2.45, 2.75) is 24.0 Å². The van der Waals surface area contributed by atoms with Crippen molar-refractivity contribution >= 4 is 17.7 Å². The van der Waals surface area contributed by atoms with E-state index in [9.17, 15) is 9.59 Å². The number of H-pyrrole nitrogens is 1. The Hall–Kier alpha value is -1.50. The summed E-state index contributed by atoms with van der Waals surface area (Å²) in [6, 6.07) is 0.233. The van der Waals surface area contributed by atoms with E-state index in [1.54, 1.807) is 4.57 Å². The predicted octanol–water partition coefficient (Wildman–Crippen LogP) is 0.597. The Bertz CT molecular complexity index is 458. The van der Waals surface area contributed by atoms with Gasteiger partial charge in [-0.1, -0.05) is 11.8 Å². The molecule has 7 heteroatoms. The first-order valence-electron chi connectivity index (χ1n) is 4.41. The van der Waals surface area contributed by atoms with Crippen molar-refractivity contribution in [2.24, 2.45) is 0 Å². The molecule has 0 atom stereocenters. The lowest BCUT2D eigenvalue weighted by Gasteiger charge is -1.98. The van der Waals surface area contributed by atoms with E-state index in [1.807, 2.05) is 0 Å². The summed E-state index contributed by atoms with van der Waals surface area (Å²) in [5.74, 6) is -1.02. The fourth-order valence-corrected chi connectivity index (χ4v) is 1.93. The second kappa shape index (κ2) is 3.93. The summed E-state index contributed by atoms with van der Waals surface area (Å²) in [7, 11) is 0. The second-order valence-corrected chi connectivity index (χ2v) is 4.04. The minimum atomic E-state index is -1.02. The number of nitrogens with one attached hydrogen (secondary N) is 1.